The van der Waals surface area contributed by atoms with Crippen molar-refractivity contribution in [2.75, 3.05) is 25.0 Å². The second-order valence-electron chi connectivity index (χ2n) is 6.74. The number of hydrogen-bond donors (Lipinski definition) is 1. The predicted octanol–water partition coefficient (Wildman–Crippen LogP) is 4.25. The first-order chi connectivity index (χ1) is 13.8. The number of ether oxygens (including phenoxy) is 1. The molecule has 1 N–H and O–H groups in total. The number of anilines is 1. The van der Waals surface area contributed by atoms with Crippen molar-refractivity contribution >= 4 is 21.6 Å². The minimum Gasteiger partial charge on any atom is -0.492 e. The van der Waals surface area contributed by atoms with Crippen molar-refractivity contribution in [3.05, 3.63) is 54.1 Å². The Morgan fingerprint density at radius 1 is 1.07 bits per heavy atom. The van der Waals surface area contributed by atoms with Gasteiger partial charge in [0, 0.05) is 19.5 Å². The maximum absolute atomic E-state index is 12.8. The lowest BCUT2D eigenvalue weighted by Crippen LogP contribution is -2.30. The van der Waals surface area contributed by atoms with Crippen molar-refractivity contribution < 1.29 is 17.9 Å². The van der Waals surface area contributed by atoms with Gasteiger partial charge >= 0.3 is 0 Å². The normalized spacial score (nSPS) is 12.6. The van der Waals surface area contributed by atoms with E-state index in [4.69, 9.17) is 4.74 Å². The first-order valence-corrected chi connectivity index (χ1v) is 11.4. The Morgan fingerprint density at radius 2 is 1.72 bits per heavy atom. The smallest absolute Gasteiger partial charge is 0.243 e. The zero-order chi connectivity index (χ0) is 21.4. The number of nitrogens with one attached hydrogen (secondary N) is 1. The van der Waals surface area contributed by atoms with E-state index in [0.717, 1.165) is 5.56 Å². The standard InChI is InChI=1S/C22H30N2O4S/c1-5-24(6-2)29(26,27)19-13-14-21(28-7-3)20(16-19)23-22(25)15-17(4)18-11-9-8-10-12-18/h8-14,16-17H,5-7,15H2,1-4H3,(H,23,25). The van der Waals surface area contributed by atoms with Crippen LogP contribution in [0.15, 0.2) is 53.4 Å². The molecule has 1 amide bonds. The average Bonchev–Trinajstić information content (AvgIpc) is 2.70. The zero-order valence-corrected chi connectivity index (χ0v) is 18.3. The van der Waals surface area contributed by atoms with Gasteiger partial charge in [-0.15, -0.1) is 0 Å². The molecule has 1 atom stereocenters. The lowest BCUT2D eigenvalue weighted by Gasteiger charge is -2.20. The van der Waals surface area contributed by atoms with Gasteiger partial charge in [-0.05, 0) is 36.6 Å². The number of nitrogens with zero attached hydrogens (tertiary/aromatic N) is 1. The maximum Gasteiger partial charge on any atom is 0.243 e. The maximum atomic E-state index is 12.8. The van der Waals surface area contributed by atoms with Crippen LogP contribution >= 0.6 is 0 Å². The van der Waals surface area contributed by atoms with E-state index in [9.17, 15) is 13.2 Å². The number of amides is 1. The first kappa shape index (κ1) is 22.9. The Balaban J connectivity index is 2.26. The summed E-state index contributed by atoms with van der Waals surface area (Å²) in [6.07, 6.45) is 0.280. The van der Waals surface area contributed by atoms with Gasteiger partial charge in [-0.25, -0.2) is 8.42 Å². The molecule has 0 bridgehead atoms. The lowest BCUT2D eigenvalue weighted by molar-refractivity contribution is -0.116. The molecule has 0 aliphatic rings. The lowest BCUT2D eigenvalue weighted by atomic mass is 9.97. The van der Waals surface area contributed by atoms with Crippen molar-refractivity contribution in [3.8, 4) is 5.75 Å². The average molecular weight is 419 g/mol. The van der Waals surface area contributed by atoms with Crippen LogP contribution in [0.5, 0.6) is 5.75 Å². The monoisotopic (exact) mass is 418 g/mol. The molecule has 0 aliphatic heterocycles. The fraction of sp³-hybridized carbons (Fsp3) is 0.409. The van der Waals surface area contributed by atoms with E-state index in [0.29, 0.717) is 31.1 Å². The van der Waals surface area contributed by atoms with E-state index >= 15 is 0 Å². The van der Waals surface area contributed by atoms with Crippen molar-refractivity contribution in [1.29, 1.82) is 0 Å². The number of benzene rings is 2. The molecule has 6 nitrogen and oxygen atoms in total. The summed E-state index contributed by atoms with van der Waals surface area (Å²) in [5, 5.41) is 2.84. The number of hydrogen-bond acceptors (Lipinski definition) is 4. The highest BCUT2D eigenvalue weighted by Gasteiger charge is 2.23. The topological polar surface area (TPSA) is 75.7 Å². The third-order valence-electron chi connectivity index (χ3n) is 4.73. The summed E-state index contributed by atoms with van der Waals surface area (Å²) in [5.74, 6) is 0.292. The van der Waals surface area contributed by atoms with E-state index in [1.807, 2.05) is 44.2 Å². The molecule has 2 aromatic rings. The van der Waals surface area contributed by atoms with E-state index in [2.05, 4.69) is 5.32 Å². The molecule has 0 aromatic heterocycles. The molecule has 7 heteroatoms. The number of sulfonamides is 1. The van der Waals surface area contributed by atoms with E-state index in [1.165, 1.54) is 16.4 Å². The summed E-state index contributed by atoms with van der Waals surface area (Å²) in [6, 6.07) is 14.4. The van der Waals surface area contributed by atoms with Gasteiger partial charge in [-0.2, -0.15) is 4.31 Å². The second kappa shape index (κ2) is 10.4. The van der Waals surface area contributed by atoms with Gasteiger partial charge in [-0.3, -0.25) is 4.79 Å². The zero-order valence-electron chi connectivity index (χ0n) is 17.5. The Morgan fingerprint density at radius 3 is 2.31 bits per heavy atom. The highest BCUT2D eigenvalue weighted by Crippen LogP contribution is 2.30. The molecule has 0 saturated carbocycles. The molecule has 0 heterocycles. The Labute approximate surface area is 173 Å². The summed E-state index contributed by atoms with van der Waals surface area (Å²) in [4.78, 5) is 12.8. The van der Waals surface area contributed by atoms with Crippen molar-refractivity contribution in [2.45, 2.75) is 44.9 Å². The molecule has 29 heavy (non-hydrogen) atoms. The molecule has 2 rings (SSSR count). The van der Waals surface area contributed by atoms with Gasteiger partial charge < -0.3 is 10.1 Å². The fourth-order valence-electron chi connectivity index (χ4n) is 3.14. The van der Waals surface area contributed by atoms with Gasteiger partial charge in [-0.1, -0.05) is 51.1 Å². The highest BCUT2D eigenvalue weighted by atomic mass is 32.2. The number of carbonyl (C=O) groups is 1. The largest absolute Gasteiger partial charge is 0.492 e. The summed E-state index contributed by atoms with van der Waals surface area (Å²) >= 11 is 0. The third kappa shape index (κ3) is 5.81. The van der Waals surface area contributed by atoms with Crippen LogP contribution in [-0.2, 0) is 14.8 Å². The molecule has 0 aliphatic carbocycles. The molecule has 0 spiro atoms. The fourth-order valence-corrected chi connectivity index (χ4v) is 4.62. The minimum atomic E-state index is -3.63. The van der Waals surface area contributed by atoms with Gasteiger partial charge in [0.2, 0.25) is 15.9 Å². The molecular weight excluding hydrogens is 388 g/mol. The van der Waals surface area contributed by atoms with E-state index < -0.39 is 10.0 Å². The van der Waals surface area contributed by atoms with Crippen LogP contribution in [0.3, 0.4) is 0 Å². The Hall–Kier alpha value is -2.38. The number of carbonyl (C=O) groups excluding carboxylic acids is 1. The minimum absolute atomic E-state index is 0.0364. The van der Waals surface area contributed by atoms with Crippen LogP contribution in [0, 0.1) is 0 Å². The predicted molar refractivity (Wildman–Crippen MR) is 116 cm³/mol. The summed E-state index contributed by atoms with van der Waals surface area (Å²) in [7, 11) is -3.63. The molecular formula is C22H30N2O4S. The summed E-state index contributed by atoms with van der Waals surface area (Å²) < 4.78 is 32.6. The SMILES string of the molecule is CCOc1ccc(S(=O)(=O)N(CC)CC)cc1NC(=O)CC(C)c1ccccc1. The molecule has 158 valence electrons. The molecule has 2 aromatic carbocycles. The van der Waals surface area contributed by atoms with Crippen LogP contribution in [-0.4, -0.2) is 38.3 Å². The van der Waals surface area contributed by atoms with Crippen LogP contribution in [0.1, 0.15) is 45.6 Å². The molecule has 1 unspecified atom stereocenters. The van der Waals surface area contributed by atoms with Crippen molar-refractivity contribution in [2.24, 2.45) is 0 Å². The van der Waals surface area contributed by atoms with Gasteiger partial charge in [0.25, 0.3) is 0 Å². The van der Waals surface area contributed by atoms with E-state index in [1.54, 1.807) is 19.9 Å². The summed E-state index contributed by atoms with van der Waals surface area (Å²) in [6.45, 7) is 8.58. The van der Waals surface area contributed by atoms with Crippen LogP contribution < -0.4 is 10.1 Å². The first-order valence-electron chi connectivity index (χ1n) is 9.95. The second-order valence-corrected chi connectivity index (χ2v) is 8.68. The van der Waals surface area contributed by atoms with Crippen LogP contribution in [0.25, 0.3) is 0 Å². The molecule has 0 saturated heterocycles. The number of rotatable bonds is 10. The van der Waals surface area contributed by atoms with Gasteiger partial charge in [0.15, 0.2) is 0 Å². The van der Waals surface area contributed by atoms with E-state index in [-0.39, 0.29) is 23.1 Å². The third-order valence-corrected chi connectivity index (χ3v) is 6.77. The van der Waals surface area contributed by atoms with Crippen LogP contribution in [0.4, 0.5) is 5.69 Å². The highest BCUT2D eigenvalue weighted by molar-refractivity contribution is 7.89. The summed E-state index contributed by atoms with van der Waals surface area (Å²) in [5.41, 5.74) is 1.44. The van der Waals surface area contributed by atoms with Crippen molar-refractivity contribution in [1.82, 2.24) is 4.31 Å². The van der Waals surface area contributed by atoms with Gasteiger partial charge in [0.05, 0.1) is 17.2 Å². The molecule has 0 radical (unpaired) electrons. The Kier molecular flexibility index (Phi) is 8.22. The van der Waals surface area contributed by atoms with Crippen molar-refractivity contribution in [3.63, 3.8) is 0 Å². The van der Waals surface area contributed by atoms with Gasteiger partial charge in [0.1, 0.15) is 5.75 Å². The Bertz CT molecular complexity index is 910. The molecule has 0 fully saturated rings. The quantitative estimate of drug-likeness (QED) is 0.626. The van der Waals surface area contributed by atoms with Crippen LogP contribution in [0.2, 0.25) is 0 Å².